The molecule has 1 rings (SSSR count). The quantitative estimate of drug-likeness (QED) is 0.720. The summed E-state index contributed by atoms with van der Waals surface area (Å²) in [7, 11) is 1.63. The van der Waals surface area contributed by atoms with Gasteiger partial charge in [0.05, 0.1) is 0 Å². The first kappa shape index (κ1) is 8.90. The fourth-order valence-electron chi connectivity index (χ4n) is 0.536. The summed E-state index contributed by atoms with van der Waals surface area (Å²) in [5.41, 5.74) is -0.384. The maximum absolute atomic E-state index is 5.61. The molecule has 0 saturated carbocycles. The fraction of sp³-hybridized carbons (Fsp3) is 0.667. The number of hydrogen-bond acceptors (Lipinski definition) is 4. The summed E-state index contributed by atoms with van der Waals surface area (Å²) in [5.74, 6) is 0. The molecule has 0 saturated heterocycles. The van der Waals surface area contributed by atoms with Crippen LogP contribution in [0.2, 0.25) is 4.47 Å². The van der Waals surface area contributed by atoms with Gasteiger partial charge in [-0.15, -0.1) is 10.2 Å². The van der Waals surface area contributed by atoms with E-state index in [-0.39, 0.29) is 5.60 Å². The zero-order valence-corrected chi connectivity index (χ0v) is 8.16. The van der Waals surface area contributed by atoms with Crippen LogP contribution in [0.5, 0.6) is 0 Å². The van der Waals surface area contributed by atoms with E-state index in [9.17, 15) is 0 Å². The second kappa shape index (κ2) is 3.05. The first-order valence-corrected chi connectivity index (χ1v) is 4.30. The van der Waals surface area contributed by atoms with E-state index < -0.39 is 0 Å². The maximum atomic E-state index is 5.61. The third kappa shape index (κ3) is 1.89. The molecule has 0 spiro atoms. The lowest BCUT2D eigenvalue weighted by Crippen LogP contribution is -2.18. The zero-order valence-electron chi connectivity index (χ0n) is 6.59. The van der Waals surface area contributed by atoms with Gasteiger partial charge in [-0.3, -0.25) is 0 Å². The van der Waals surface area contributed by atoms with Crippen molar-refractivity contribution in [2.75, 3.05) is 7.11 Å². The van der Waals surface area contributed by atoms with Crippen molar-refractivity contribution in [2.24, 2.45) is 0 Å². The lowest BCUT2D eigenvalue weighted by molar-refractivity contribution is 0.0185. The van der Waals surface area contributed by atoms with Crippen LogP contribution in [0.15, 0.2) is 0 Å². The summed E-state index contributed by atoms with van der Waals surface area (Å²) in [6.07, 6.45) is 0. The number of hydrogen-bond donors (Lipinski definition) is 0. The summed E-state index contributed by atoms with van der Waals surface area (Å²) >= 11 is 6.95. The Morgan fingerprint density at radius 2 is 2.09 bits per heavy atom. The van der Waals surface area contributed by atoms with E-state index in [1.807, 2.05) is 13.8 Å². The minimum absolute atomic E-state index is 0.384. The van der Waals surface area contributed by atoms with Crippen LogP contribution in [0.3, 0.4) is 0 Å². The molecule has 62 valence electrons. The number of methoxy groups -OCH3 is 1. The predicted octanol–water partition coefficient (Wildman–Crippen LogP) is 2.07. The topological polar surface area (TPSA) is 35.0 Å². The van der Waals surface area contributed by atoms with Gasteiger partial charge in [-0.1, -0.05) is 11.3 Å². The Morgan fingerprint density at radius 3 is 2.45 bits per heavy atom. The second-order valence-corrected chi connectivity index (χ2v) is 4.13. The van der Waals surface area contributed by atoms with E-state index >= 15 is 0 Å². The molecule has 0 unspecified atom stereocenters. The molecular formula is C6H9ClN2OS. The molecule has 0 bridgehead atoms. The Kier molecular flexibility index (Phi) is 2.47. The molecule has 0 fully saturated rings. The molecule has 1 aromatic heterocycles. The molecule has 0 aromatic carbocycles. The van der Waals surface area contributed by atoms with E-state index in [2.05, 4.69) is 10.2 Å². The summed E-state index contributed by atoms with van der Waals surface area (Å²) < 4.78 is 5.64. The minimum atomic E-state index is -0.384. The van der Waals surface area contributed by atoms with Crippen molar-refractivity contribution in [1.29, 1.82) is 0 Å². The SMILES string of the molecule is COC(C)(C)c1nnc(Cl)s1. The average molecular weight is 193 g/mol. The number of ether oxygens (including phenoxy) is 1. The maximum Gasteiger partial charge on any atom is 0.207 e. The van der Waals surface area contributed by atoms with Crippen LogP contribution >= 0.6 is 22.9 Å². The first-order chi connectivity index (χ1) is 5.06. The van der Waals surface area contributed by atoms with Crippen LogP contribution in [-0.4, -0.2) is 17.3 Å². The van der Waals surface area contributed by atoms with Crippen LogP contribution < -0.4 is 0 Å². The highest BCUT2D eigenvalue weighted by Crippen LogP contribution is 2.28. The Bertz CT molecular complexity index is 248. The molecule has 0 atom stereocenters. The van der Waals surface area contributed by atoms with E-state index in [0.29, 0.717) is 4.47 Å². The van der Waals surface area contributed by atoms with Crippen LogP contribution in [0.1, 0.15) is 18.9 Å². The molecule has 5 heteroatoms. The van der Waals surface area contributed by atoms with Crippen LogP contribution in [0.25, 0.3) is 0 Å². The summed E-state index contributed by atoms with van der Waals surface area (Å²) in [6.45, 7) is 3.84. The molecule has 0 amide bonds. The molecule has 0 N–H and O–H groups in total. The third-order valence-electron chi connectivity index (χ3n) is 1.43. The van der Waals surface area contributed by atoms with E-state index in [1.165, 1.54) is 11.3 Å². The molecule has 0 radical (unpaired) electrons. The summed E-state index contributed by atoms with van der Waals surface area (Å²) in [4.78, 5) is 0. The van der Waals surface area contributed by atoms with Crippen LogP contribution in [0, 0.1) is 0 Å². The van der Waals surface area contributed by atoms with Gasteiger partial charge in [0.15, 0.2) is 0 Å². The van der Waals surface area contributed by atoms with Crippen molar-refractivity contribution in [1.82, 2.24) is 10.2 Å². The van der Waals surface area contributed by atoms with Crippen molar-refractivity contribution in [3.8, 4) is 0 Å². The van der Waals surface area contributed by atoms with Gasteiger partial charge in [-0.2, -0.15) is 0 Å². The van der Waals surface area contributed by atoms with Crippen molar-refractivity contribution < 1.29 is 4.74 Å². The first-order valence-electron chi connectivity index (χ1n) is 3.11. The molecule has 0 aliphatic heterocycles. The number of nitrogens with zero attached hydrogens (tertiary/aromatic N) is 2. The zero-order chi connectivity index (χ0) is 8.48. The monoisotopic (exact) mass is 192 g/mol. The summed E-state index contributed by atoms with van der Waals surface area (Å²) in [6, 6.07) is 0. The lowest BCUT2D eigenvalue weighted by Gasteiger charge is -2.18. The Morgan fingerprint density at radius 1 is 1.45 bits per heavy atom. The largest absolute Gasteiger partial charge is 0.372 e. The van der Waals surface area contributed by atoms with Crippen LogP contribution in [-0.2, 0) is 10.3 Å². The van der Waals surface area contributed by atoms with Gasteiger partial charge in [-0.25, -0.2) is 0 Å². The van der Waals surface area contributed by atoms with E-state index in [0.717, 1.165) is 5.01 Å². The molecule has 0 aliphatic carbocycles. The fourth-order valence-corrected chi connectivity index (χ4v) is 1.44. The van der Waals surface area contributed by atoms with E-state index in [1.54, 1.807) is 7.11 Å². The highest BCUT2D eigenvalue weighted by Gasteiger charge is 2.24. The molecule has 1 heterocycles. The summed E-state index contributed by atoms with van der Waals surface area (Å²) in [5, 5.41) is 8.35. The van der Waals surface area contributed by atoms with Gasteiger partial charge in [0.2, 0.25) is 4.47 Å². The van der Waals surface area contributed by atoms with Crippen LogP contribution in [0.4, 0.5) is 0 Å². The van der Waals surface area contributed by atoms with Gasteiger partial charge < -0.3 is 4.74 Å². The van der Waals surface area contributed by atoms with Gasteiger partial charge in [0.1, 0.15) is 10.6 Å². The van der Waals surface area contributed by atoms with Crippen molar-refractivity contribution >= 4 is 22.9 Å². The average Bonchev–Trinajstić information content (AvgIpc) is 2.36. The molecular weight excluding hydrogens is 184 g/mol. The lowest BCUT2D eigenvalue weighted by atomic mass is 10.1. The molecule has 11 heavy (non-hydrogen) atoms. The number of halogens is 1. The molecule has 3 nitrogen and oxygen atoms in total. The predicted molar refractivity (Wildman–Crippen MR) is 45.0 cm³/mol. The Hall–Kier alpha value is -0.190. The normalized spacial score (nSPS) is 12.0. The Labute approximate surface area is 74.4 Å². The standard InChI is InChI=1S/C6H9ClN2OS/c1-6(2,10-3)4-8-9-5(7)11-4/h1-3H3. The van der Waals surface area contributed by atoms with E-state index in [4.69, 9.17) is 16.3 Å². The smallest absolute Gasteiger partial charge is 0.207 e. The molecule has 0 aliphatic rings. The van der Waals surface area contributed by atoms with Crippen molar-refractivity contribution in [3.05, 3.63) is 9.47 Å². The second-order valence-electron chi connectivity index (χ2n) is 2.57. The highest BCUT2D eigenvalue weighted by atomic mass is 35.5. The molecule has 1 aromatic rings. The van der Waals surface area contributed by atoms with Crippen molar-refractivity contribution in [3.63, 3.8) is 0 Å². The minimum Gasteiger partial charge on any atom is -0.372 e. The Balaban J connectivity index is 2.92. The number of aromatic nitrogens is 2. The van der Waals surface area contributed by atoms with Gasteiger partial charge in [0, 0.05) is 7.11 Å². The highest BCUT2D eigenvalue weighted by molar-refractivity contribution is 7.15. The van der Waals surface area contributed by atoms with Crippen molar-refractivity contribution in [2.45, 2.75) is 19.4 Å². The van der Waals surface area contributed by atoms with Gasteiger partial charge >= 0.3 is 0 Å². The number of rotatable bonds is 2. The third-order valence-corrected chi connectivity index (χ3v) is 2.75. The van der Waals surface area contributed by atoms with Gasteiger partial charge in [0.25, 0.3) is 0 Å². The van der Waals surface area contributed by atoms with Gasteiger partial charge in [-0.05, 0) is 25.4 Å².